The predicted octanol–water partition coefficient (Wildman–Crippen LogP) is 3.19. The summed E-state index contributed by atoms with van der Waals surface area (Å²) >= 11 is 0. The normalized spacial score (nSPS) is 18.5. The zero-order chi connectivity index (χ0) is 22.9. The molecule has 1 aliphatic carbocycles. The second-order valence-electron chi connectivity index (χ2n) is 8.23. The first-order valence-corrected chi connectivity index (χ1v) is 10.5. The summed E-state index contributed by atoms with van der Waals surface area (Å²) in [5.74, 6) is 0.481. The minimum Gasteiger partial charge on any atom is -0.366 e. The van der Waals surface area contributed by atoms with Crippen molar-refractivity contribution in [2.24, 2.45) is 5.92 Å². The molecule has 0 spiro atoms. The second-order valence-corrected chi connectivity index (χ2v) is 8.23. The highest BCUT2D eigenvalue weighted by molar-refractivity contribution is 5.94. The molecule has 2 aromatic rings. The van der Waals surface area contributed by atoms with Crippen molar-refractivity contribution >= 4 is 17.6 Å². The fourth-order valence-electron chi connectivity index (χ4n) is 3.88. The molecular weight excluding hydrogens is 423 g/mol. The molecule has 32 heavy (non-hydrogen) atoms. The van der Waals surface area contributed by atoms with Gasteiger partial charge in [-0.25, -0.2) is 4.98 Å². The molecule has 2 aliphatic rings. The van der Waals surface area contributed by atoms with Crippen molar-refractivity contribution in [2.45, 2.75) is 38.0 Å². The van der Waals surface area contributed by atoms with Crippen LogP contribution < -0.4 is 5.32 Å². The molecule has 0 radical (unpaired) electrons. The first-order valence-electron chi connectivity index (χ1n) is 10.5. The maximum absolute atomic E-state index is 13.1. The highest BCUT2D eigenvalue weighted by Crippen LogP contribution is 2.33. The lowest BCUT2D eigenvalue weighted by molar-refractivity contribution is -0.138. The largest absolute Gasteiger partial charge is 0.416 e. The Bertz CT molecular complexity index is 992. The summed E-state index contributed by atoms with van der Waals surface area (Å²) in [5.41, 5.74) is -0.347. The number of rotatable bonds is 6. The van der Waals surface area contributed by atoms with E-state index < -0.39 is 11.7 Å². The van der Waals surface area contributed by atoms with Gasteiger partial charge in [-0.1, -0.05) is 0 Å². The summed E-state index contributed by atoms with van der Waals surface area (Å²) in [6.07, 6.45) is 1.85. The average molecular weight is 447 g/mol. The van der Waals surface area contributed by atoms with Gasteiger partial charge in [-0.3, -0.25) is 14.6 Å². The van der Waals surface area contributed by atoms with Crippen molar-refractivity contribution < 1.29 is 22.8 Å². The summed E-state index contributed by atoms with van der Waals surface area (Å²) in [6.45, 7) is 0.945. The number of likely N-dealkylation sites (tertiary alicyclic amines) is 1. The quantitative estimate of drug-likeness (QED) is 0.736. The molecule has 10 heteroatoms. The van der Waals surface area contributed by atoms with E-state index in [0.29, 0.717) is 24.5 Å². The van der Waals surface area contributed by atoms with Gasteiger partial charge < -0.3 is 15.1 Å². The summed E-state index contributed by atoms with van der Waals surface area (Å²) < 4.78 is 39.3. The molecule has 1 unspecified atom stereocenters. The molecule has 170 valence electrons. The number of hydrogen-bond donors (Lipinski definition) is 1. The topological polar surface area (TPSA) is 78.4 Å². The van der Waals surface area contributed by atoms with E-state index in [1.54, 1.807) is 29.0 Å². The standard InChI is InChI=1S/C22H24F3N5O2/c1-29(20(31)14-2-3-14)17-7-9-30(13-17)21(32)15-4-5-19(27-11-15)28-12-16-10-26-8-6-18(16)22(23,24)25/h4-6,8,10-11,14,17H,2-3,7,9,12-13H2,1H3,(H,27,28). The van der Waals surface area contributed by atoms with E-state index >= 15 is 0 Å². The number of likely N-dealkylation sites (N-methyl/N-ethyl adjacent to an activating group) is 1. The molecule has 0 bridgehead atoms. The van der Waals surface area contributed by atoms with Crippen molar-refractivity contribution in [3.63, 3.8) is 0 Å². The van der Waals surface area contributed by atoms with Crippen LogP contribution in [0.2, 0.25) is 0 Å². The van der Waals surface area contributed by atoms with Gasteiger partial charge in [0.15, 0.2) is 0 Å². The van der Waals surface area contributed by atoms with Crippen molar-refractivity contribution in [2.75, 3.05) is 25.5 Å². The predicted molar refractivity (Wildman–Crippen MR) is 111 cm³/mol. The Morgan fingerprint density at radius 3 is 2.62 bits per heavy atom. The fourth-order valence-corrected chi connectivity index (χ4v) is 3.88. The van der Waals surface area contributed by atoms with E-state index in [1.165, 1.54) is 12.4 Å². The first-order chi connectivity index (χ1) is 15.2. The maximum Gasteiger partial charge on any atom is 0.416 e. The molecule has 1 N–H and O–H groups in total. The summed E-state index contributed by atoms with van der Waals surface area (Å²) in [6, 6.07) is 4.11. The molecule has 2 fully saturated rings. The maximum atomic E-state index is 13.1. The molecular formula is C22H24F3N5O2. The van der Waals surface area contributed by atoms with Crippen molar-refractivity contribution in [1.82, 2.24) is 19.8 Å². The Morgan fingerprint density at radius 2 is 1.97 bits per heavy atom. The summed E-state index contributed by atoms with van der Waals surface area (Å²) in [4.78, 5) is 36.5. The monoisotopic (exact) mass is 447 g/mol. The Morgan fingerprint density at radius 1 is 1.19 bits per heavy atom. The number of alkyl halides is 3. The molecule has 2 aromatic heterocycles. The van der Waals surface area contributed by atoms with Crippen LogP contribution in [-0.2, 0) is 17.5 Å². The van der Waals surface area contributed by atoms with E-state index in [4.69, 9.17) is 0 Å². The summed E-state index contributed by atoms with van der Waals surface area (Å²) in [7, 11) is 1.80. The Labute approximate surface area is 183 Å². The third-order valence-corrected chi connectivity index (χ3v) is 5.95. The number of nitrogens with one attached hydrogen (secondary N) is 1. The van der Waals surface area contributed by atoms with Crippen LogP contribution in [0.25, 0.3) is 0 Å². The lowest BCUT2D eigenvalue weighted by Crippen LogP contribution is -2.40. The number of aromatic nitrogens is 2. The number of halogens is 3. The van der Waals surface area contributed by atoms with Gasteiger partial charge in [0.05, 0.1) is 17.2 Å². The van der Waals surface area contributed by atoms with Gasteiger partial charge >= 0.3 is 6.18 Å². The van der Waals surface area contributed by atoms with Crippen molar-refractivity contribution in [3.8, 4) is 0 Å². The number of nitrogens with zero attached hydrogens (tertiary/aromatic N) is 4. The van der Waals surface area contributed by atoms with Crippen molar-refractivity contribution in [1.29, 1.82) is 0 Å². The van der Waals surface area contributed by atoms with Gasteiger partial charge in [-0.2, -0.15) is 13.2 Å². The lowest BCUT2D eigenvalue weighted by Gasteiger charge is -2.25. The third kappa shape index (κ3) is 4.84. The molecule has 1 atom stereocenters. The smallest absolute Gasteiger partial charge is 0.366 e. The SMILES string of the molecule is CN(C(=O)C1CC1)C1CCN(C(=O)c2ccc(NCc3cnccc3C(F)(F)F)nc2)C1. The summed E-state index contributed by atoms with van der Waals surface area (Å²) in [5, 5.41) is 2.84. The van der Waals surface area contributed by atoms with E-state index in [2.05, 4.69) is 15.3 Å². The molecule has 7 nitrogen and oxygen atoms in total. The van der Waals surface area contributed by atoms with Crippen LogP contribution in [0.15, 0.2) is 36.8 Å². The van der Waals surface area contributed by atoms with Gasteiger partial charge in [0.25, 0.3) is 5.91 Å². The van der Waals surface area contributed by atoms with Crippen LogP contribution >= 0.6 is 0 Å². The van der Waals surface area contributed by atoms with Gasteiger partial charge in [0, 0.05) is 56.8 Å². The zero-order valence-corrected chi connectivity index (χ0v) is 17.6. The molecule has 3 heterocycles. The van der Waals surface area contributed by atoms with Gasteiger partial charge in [-0.05, 0) is 37.5 Å². The molecule has 4 rings (SSSR count). The molecule has 1 saturated heterocycles. The minimum atomic E-state index is -4.46. The van der Waals surface area contributed by atoms with Crippen LogP contribution in [0.4, 0.5) is 19.0 Å². The number of carbonyl (C=O) groups is 2. The molecule has 0 aromatic carbocycles. The van der Waals surface area contributed by atoms with Crippen LogP contribution in [0.3, 0.4) is 0 Å². The average Bonchev–Trinajstić information content (AvgIpc) is 3.52. The van der Waals surface area contributed by atoms with E-state index in [-0.39, 0.29) is 35.9 Å². The van der Waals surface area contributed by atoms with E-state index in [9.17, 15) is 22.8 Å². The van der Waals surface area contributed by atoms with Crippen LogP contribution in [0.1, 0.15) is 40.7 Å². The minimum absolute atomic E-state index is 0.00919. The molecule has 1 saturated carbocycles. The zero-order valence-electron chi connectivity index (χ0n) is 17.6. The molecule has 1 aliphatic heterocycles. The van der Waals surface area contributed by atoms with Crippen molar-refractivity contribution in [3.05, 3.63) is 53.5 Å². The second kappa shape index (κ2) is 8.76. The van der Waals surface area contributed by atoms with Crippen LogP contribution in [-0.4, -0.2) is 57.8 Å². The fraction of sp³-hybridized carbons (Fsp3) is 0.455. The first kappa shape index (κ1) is 22.0. The Hall–Kier alpha value is -3.17. The van der Waals surface area contributed by atoms with Crippen LogP contribution in [0, 0.1) is 5.92 Å². The lowest BCUT2D eigenvalue weighted by atomic mass is 10.1. The van der Waals surface area contributed by atoms with Gasteiger partial charge in [-0.15, -0.1) is 0 Å². The Kier molecular flexibility index (Phi) is 6.03. The van der Waals surface area contributed by atoms with Crippen LogP contribution in [0.5, 0.6) is 0 Å². The Balaban J connectivity index is 1.34. The van der Waals surface area contributed by atoms with E-state index in [0.717, 1.165) is 31.5 Å². The third-order valence-electron chi connectivity index (χ3n) is 5.95. The molecule has 2 amide bonds. The number of anilines is 1. The van der Waals surface area contributed by atoms with Gasteiger partial charge in [0.2, 0.25) is 5.91 Å². The number of hydrogen-bond acceptors (Lipinski definition) is 5. The number of carbonyl (C=O) groups excluding carboxylic acids is 2. The van der Waals surface area contributed by atoms with E-state index in [1.807, 2.05) is 0 Å². The number of pyridine rings is 2. The number of amides is 2. The highest BCUT2D eigenvalue weighted by atomic mass is 19.4. The highest BCUT2D eigenvalue weighted by Gasteiger charge is 2.37. The van der Waals surface area contributed by atoms with Gasteiger partial charge in [0.1, 0.15) is 5.82 Å².